The number of hydrogen-bond donors (Lipinski definition) is 3. The van der Waals surface area contributed by atoms with Crippen molar-refractivity contribution in [1.29, 1.82) is 0 Å². The predicted octanol–water partition coefficient (Wildman–Crippen LogP) is 4.27. The molecule has 9 heteroatoms. The summed E-state index contributed by atoms with van der Waals surface area (Å²) in [5.41, 5.74) is 5.79. The summed E-state index contributed by atoms with van der Waals surface area (Å²) in [6, 6.07) is 7.84. The van der Waals surface area contributed by atoms with E-state index in [-0.39, 0.29) is 17.4 Å². The Morgan fingerprint density at radius 1 is 1.33 bits per heavy atom. The van der Waals surface area contributed by atoms with E-state index in [9.17, 15) is 4.79 Å². The van der Waals surface area contributed by atoms with Crippen LogP contribution in [0, 0.1) is 6.92 Å². The first kappa shape index (κ1) is 23.3. The maximum Gasteiger partial charge on any atom is 0.255 e. The molecule has 1 aromatic carbocycles. The third-order valence-electron chi connectivity index (χ3n) is 7.73. The van der Waals surface area contributed by atoms with Crippen LogP contribution in [0.3, 0.4) is 0 Å². The number of rotatable bonds is 6. The van der Waals surface area contributed by atoms with Gasteiger partial charge >= 0.3 is 0 Å². The number of morpholine rings is 1. The van der Waals surface area contributed by atoms with E-state index < -0.39 is 0 Å². The second kappa shape index (κ2) is 9.10. The van der Waals surface area contributed by atoms with Gasteiger partial charge in [-0.1, -0.05) is 17.7 Å². The van der Waals surface area contributed by atoms with Crippen molar-refractivity contribution in [3.05, 3.63) is 58.5 Å². The summed E-state index contributed by atoms with van der Waals surface area (Å²) >= 11 is 6.42. The largest absolute Gasteiger partial charge is 0.490 e. The zero-order valence-corrected chi connectivity index (χ0v) is 21.2. The van der Waals surface area contributed by atoms with Gasteiger partial charge in [-0.05, 0) is 50.6 Å². The lowest BCUT2D eigenvalue weighted by Crippen LogP contribution is -2.46. The predicted molar refractivity (Wildman–Crippen MR) is 139 cm³/mol. The molecule has 2 fully saturated rings. The molecular formula is C27H30ClN5O3. The lowest BCUT2D eigenvalue weighted by molar-refractivity contribution is -0.0107. The third kappa shape index (κ3) is 4.03. The van der Waals surface area contributed by atoms with Crippen molar-refractivity contribution in [2.45, 2.75) is 31.2 Å². The average molecular weight is 508 g/mol. The number of carbonyl (C=O) groups is 1. The number of anilines is 2. The average Bonchev–Trinajstić information content (AvgIpc) is 3.56. The van der Waals surface area contributed by atoms with Crippen LogP contribution in [0.2, 0.25) is 5.02 Å². The van der Waals surface area contributed by atoms with Crippen LogP contribution >= 0.6 is 11.6 Å². The van der Waals surface area contributed by atoms with Gasteiger partial charge in [-0.3, -0.25) is 14.7 Å². The molecule has 3 aromatic rings. The molecule has 1 atom stereocenters. The fourth-order valence-electron chi connectivity index (χ4n) is 5.13. The normalized spacial score (nSPS) is 20.6. The number of benzene rings is 1. The summed E-state index contributed by atoms with van der Waals surface area (Å²) < 4.78 is 12.0. The Hall–Kier alpha value is -3.07. The highest BCUT2D eigenvalue weighted by atomic mass is 35.5. The minimum absolute atomic E-state index is 0.0303. The van der Waals surface area contributed by atoms with Crippen LogP contribution in [0.25, 0.3) is 11.3 Å². The highest BCUT2D eigenvalue weighted by molar-refractivity contribution is 6.31. The van der Waals surface area contributed by atoms with Crippen molar-refractivity contribution in [2.75, 3.05) is 45.3 Å². The zero-order valence-electron chi connectivity index (χ0n) is 20.5. The fraction of sp³-hybridized carbons (Fsp3) is 0.407. The molecule has 1 saturated heterocycles. The Morgan fingerprint density at radius 2 is 2.19 bits per heavy atom. The van der Waals surface area contributed by atoms with Crippen LogP contribution in [-0.2, 0) is 10.2 Å². The van der Waals surface area contributed by atoms with E-state index in [1.807, 2.05) is 31.2 Å². The number of carbonyl (C=O) groups excluding carboxylic acids is 1. The molecule has 2 aromatic heterocycles. The summed E-state index contributed by atoms with van der Waals surface area (Å²) in [6.45, 7) is 5.35. The highest BCUT2D eigenvalue weighted by Gasteiger charge is 2.51. The van der Waals surface area contributed by atoms with E-state index in [1.165, 1.54) is 0 Å². The summed E-state index contributed by atoms with van der Waals surface area (Å²) in [5, 5.41) is 7.32. The second-order valence-electron chi connectivity index (χ2n) is 10.0. The summed E-state index contributed by atoms with van der Waals surface area (Å²) in [7, 11) is 2.09. The number of amides is 1. The maximum absolute atomic E-state index is 13.2. The lowest BCUT2D eigenvalue weighted by atomic mass is 9.93. The SMILES string of the molecule is Cc1c(Cl)cccc1Nc1c(-c2ccncc2OC[C@@H]2COCCN2C)[nH]c2c1C(=O)NCC21CC1. The molecule has 3 N–H and O–H groups in total. The van der Waals surface area contributed by atoms with Gasteiger partial charge < -0.3 is 25.1 Å². The van der Waals surface area contributed by atoms with Gasteiger partial charge in [0.2, 0.25) is 0 Å². The van der Waals surface area contributed by atoms with Gasteiger partial charge in [0.25, 0.3) is 5.91 Å². The van der Waals surface area contributed by atoms with Crippen molar-refractivity contribution in [1.82, 2.24) is 20.2 Å². The van der Waals surface area contributed by atoms with E-state index in [1.54, 1.807) is 12.4 Å². The summed E-state index contributed by atoms with van der Waals surface area (Å²) in [4.78, 5) is 23.4. The zero-order chi connectivity index (χ0) is 24.9. The Bertz CT molecular complexity index is 1320. The van der Waals surface area contributed by atoms with Gasteiger partial charge in [-0.25, -0.2) is 0 Å². The highest BCUT2D eigenvalue weighted by Crippen LogP contribution is 2.54. The van der Waals surface area contributed by atoms with Gasteiger partial charge in [-0.2, -0.15) is 0 Å². The Kier molecular flexibility index (Phi) is 5.90. The summed E-state index contributed by atoms with van der Waals surface area (Å²) in [6.07, 6.45) is 5.58. The monoisotopic (exact) mass is 507 g/mol. The van der Waals surface area contributed by atoms with Gasteiger partial charge in [0, 0.05) is 46.7 Å². The van der Waals surface area contributed by atoms with Gasteiger partial charge in [0.05, 0.1) is 42.4 Å². The van der Waals surface area contributed by atoms with E-state index >= 15 is 0 Å². The van der Waals surface area contributed by atoms with Gasteiger partial charge in [0.1, 0.15) is 12.4 Å². The number of nitrogens with one attached hydrogen (secondary N) is 3. The first-order valence-corrected chi connectivity index (χ1v) is 12.8. The molecule has 3 aliphatic rings. The number of likely N-dealkylation sites (N-methyl/N-ethyl adjacent to an activating group) is 1. The molecule has 8 nitrogen and oxygen atoms in total. The van der Waals surface area contributed by atoms with E-state index in [0.29, 0.717) is 36.1 Å². The van der Waals surface area contributed by atoms with Crippen molar-refractivity contribution >= 4 is 28.9 Å². The van der Waals surface area contributed by atoms with E-state index in [0.717, 1.165) is 59.9 Å². The lowest BCUT2D eigenvalue weighted by Gasteiger charge is -2.32. The number of nitrogens with zero attached hydrogens (tertiary/aromatic N) is 2. The standard InChI is InChI=1S/C27H30ClN5O3/c1-16-19(28)4-3-5-20(16)31-24-22-25(27(7-8-27)15-30-26(22)34)32-23(24)18-6-9-29-12-21(18)36-14-17-13-35-11-10-33(17)2/h3-6,9,12,17,31-32H,7-8,10-11,13-15H2,1-2H3,(H,30,34)/t17-/m0/s1. The molecule has 188 valence electrons. The second-order valence-corrected chi connectivity index (χ2v) is 10.4. The number of ether oxygens (including phenoxy) is 2. The minimum Gasteiger partial charge on any atom is -0.490 e. The van der Waals surface area contributed by atoms with Gasteiger partial charge in [-0.15, -0.1) is 0 Å². The van der Waals surface area contributed by atoms with Crippen molar-refractivity contribution in [3.8, 4) is 17.0 Å². The number of H-pyrrole nitrogens is 1. The number of aromatic nitrogens is 2. The van der Waals surface area contributed by atoms with Gasteiger partial charge in [0.15, 0.2) is 0 Å². The summed E-state index contributed by atoms with van der Waals surface area (Å²) in [5.74, 6) is 0.580. The van der Waals surface area contributed by atoms with Crippen LogP contribution < -0.4 is 15.4 Å². The van der Waals surface area contributed by atoms with Crippen LogP contribution in [0.1, 0.15) is 34.5 Å². The maximum atomic E-state index is 13.2. The molecule has 0 radical (unpaired) electrons. The molecule has 1 saturated carbocycles. The molecule has 36 heavy (non-hydrogen) atoms. The molecule has 4 heterocycles. The molecule has 0 unspecified atom stereocenters. The first-order chi connectivity index (χ1) is 17.5. The Labute approximate surface area is 215 Å². The molecular weight excluding hydrogens is 478 g/mol. The first-order valence-electron chi connectivity index (χ1n) is 12.4. The quantitative estimate of drug-likeness (QED) is 0.461. The Balaban J connectivity index is 1.43. The van der Waals surface area contributed by atoms with Crippen molar-refractivity contribution in [3.63, 3.8) is 0 Å². The Morgan fingerprint density at radius 3 is 3.00 bits per heavy atom. The van der Waals surface area contributed by atoms with Crippen LogP contribution in [0.15, 0.2) is 36.7 Å². The number of hydrogen-bond acceptors (Lipinski definition) is 6. The topological polar surface area (TPSA) is 91.5 Å². The molecule has 1 aliphatic carbocycles. The molecule has 1 spiro atoms. The minimum atomic E-state index is -0.0790. The molecule has 1 amide bonds. The van der Waals surface area contributed by atoms with Crippen LogP contribution in [0.5, 0.6) is 5.75 Å². The van der Waals surface area contributed by atoms with E-state index in [2.05, 4.69) is 32.5 Å². The van der Waals surface area contributed by atoms with Crippen LogP contribution in [0.4, 0.5) is 11.4 Å². The fourth-order valence-corrected chi connectivity index (χ4v) is 5.31. The number of fused-ring (bicyclic) bond motifs is 2. The van der Waals surface area contributed by atoms with Crippen molar-refractivity contribution in [2.24, 2.45) is 0 Å². The number of pyridine rings is 1. The van der Waals surface area contributed by atoms with Crippen LogP contribution in [-0.4, -0.2) is 66.8 Å². The third-order valence-corrected chi connectivity index (χ3v) is 8.14. The van der Waals surface area contributed by atoms with Crippen molar-refractivity contribution < 1.29 is 14.3 Å². The van der Waals surface area contributed by atoms with E-state index in [4.69, 9.17) is 21.1 Å². The number of halogens is 1. The molecule has 6 rings (SSSR count). The molecule has 0 bridgehead atoms. The number of aromatic amines is 1. The smallest absolute Gasteiger partial charge is 0.255 e. The molecule has 2 aliphatic heterocycles.